The molecular weight excluding hydrogens is 240 g/mol. The molecule has 0 aliphatic rings. The van der Waals surface area contributed by atoms with E-state index in [4.69, 9.17) is 11.6 Å². The first-order valence-corrected chi connectivity index (χ1v) is 4.20. The van der Waals surface area contributed by atoms with Gasteiger partial charge in [0.15, 0.2) is 0 Å². The lowest BCUT2D eigenvalue weighted by atomic mass is 10.8. The predicted molar refractivity (Wildman–Crippen MR) is 37.1 cm³/mol. The van der Waals surface area contributed by atoms with E-state index in [0.717, 1.165) is 6.26 Å². The highest BCUT2D eigenvalue weighted by molar-refractivity contribution is 9.10. The van der Waals surface area contributed by atoms with Crippen LogP contribution in [0.5, 0.6) is 0 Å². The number of hydrogen-bond acceptors (Lipinski definition) is 1. The van der Waals surface area contributed by atoms with Gasteiger partial charge in [-0.25, -0.2) is 4.39 Å². The molecule has 0 heterocycles. The largest absolute Gasteiger partial charge is 0.358 e. The van der Waals surface area contributed by atoms with E-state index < -0.39 is 9.29 Å². The molecule has 0 aliphatic carbocycles. The molecule has 1 unspecified atom stereocenters. The molecule has 56 valence electrons. The van der Waals surface area contributed by atoms with Crippen molar-refractivity contribution >= 4 is 39.3 Å². The molecule has 0 rings (SSSR count). The van der Waals surface area contributed by atoms with Crippen LogP contribution in [0.15, 0.2) is 0 Å². The first-order valence-electron chi connectivity index (χ1n) is 1.81. The van der Waals surface area contributed by atoms with Gasteiger partial charge in [0, 0.05) is 0 Å². The molecule has 0 bridgehead atoms. The third kappa shape index (κ3) is 2.55. The lowest BCUT2D eigenvalue weighted by Gasteiger charge is -2.19. The molecule has 0 aromatic rings. The monoisotopic (exact) mass is 242 g/mol. The molecule has 0 radical (unpaired) electrons. The van der Waals surface area contributed by atoms with Crippen molar-refractivity contribution in [3.63, 3.8) is 0 Å². The molecule has 0 fully saturated rings. The lowest BCUT2D eigenvalue weighted by molar-refractivity contribution is 0.0445. The zero-order chi connectivity index (χ0) is 7.71. The normalized spacial score (nSPS) is 19.3. The minimum Gasteiger partial charge on any atom is -0.206 e. The maximum atomic E-state index is 12.3. The fourth-order valence-electron chi connectivity index (χ4n) is 0.116. The Morgan fingerprint density at radius 2 is 1.78 bits per heavy atom. The molecule has 0 aliphatic heterocycles. The summed E-state index contributed by atoms with van der Waals surface area (Å²) in [5, 5.41) is 0. The summed E-state index contributed by atoms with van der Waals surface area (Å²) in [5.74, 6) is 0. The summed E-state index contributed by atoms with van der Waals surface area (Å²) >= 11 is 6.73. The number of alkyl halides is 5. The number of thioether (sulfide) groups is 1. The number of hydrogen-bond donors (Lipinski definition) is 0. The zero-order valence-electron chi connectivity index (χ0n) is 4.30. The Morgan fingerprint density at radius 3 is 1.78 bits per heavy atom. The van der Waals surface area contributed by atoms with Crippen LogP contribution >= 0.6 is 39.3 Å². The third-order valence-corrected chi connectivity index (χ3v) is 3.09. The van der Waals surface area contributed by atoms with Gasteiger partial charge in [-0.2, -0.15) is 8.78 Å². The smallest absolute Gasteiger partial charge is 0.206 e. The van der Waals surface area contributed by atoms with Crippen LogP contribution in [-0.2, 0) is 0 Å². The van der Waals surface area contributed by atoms with E-state index >= 15 is 0 Å². The van der Waals surface area contributed by atoms with Crippen molar-refractivity contribution < 1.29 is 13.2 Å². The standard InChI is InChI=1S/C3H3BrClF3S/c1-9-3(5,8)2(4,6)7/h1H3. The first-order chi connectivity index (χ1) is 3.81. The predicted octanol–water partition coefficient (Wildman–Crippen LogP) is 3.20. The molecule has 6 heteroatoms. The van der Waals surface area contributed by atoms with Crippen molar-refractivity contribution in [2.45, 2.75) is 9.29 Å². The molecule has 0 saturated heterocycles. The van der Waals surface area contributed by atoms with E-state index in [1.54, 1.807) is 15.9 Å². The Bertz CT molecular complexity index is 102. The van der Waals surface area contributed by atoms with Crippen LogP contribution < -0.4 is 0 Å². The van der Waals surface area contributed by atoms with Crippen LogP contribution in [0.25, 0.3) is 0 Å². The average Bonchev–Trinajstić information content (AvgIpc) is 1.64. The highest BCUT2D eigenvalue weighted by Gasteiger charge is 2.51. The molecule has 1 atom stereocenters. The minimum absolute atomic E-state index is 0.236. The van der Waals surface area contributed by atoms with E-state index in [0.29, 0.717) is 0 Å². The molecule has 0 aromatic heterocycles. The molecule has 0 saturated carbocycles. The highest BCUT2D eigenvalue weighted by atomic mass is 79.9. The van der Waals surface area contributed by atoms with E-state index in [2.05, 4.69) is 0 Å². The molecule has 9 heavy (non-hydrogen) atoms. The minimum atomic E-state index is -3.68. The van der Waals surface area contributed by atoms with E-state index in [1.165, 1.54) is 0 Å². The summed E-state index contributed by atoms with van der Waals surface area (Å²) in [6, 6.07) is 0. The quantitative estimate of drug-likeness (QED) is 0.671. The van der Waals surface area contributed by atoms with E-state index in [9.17, 15) is 13.2 Å². The third-order valence-electron chi connectivity index (χ3n) is 0.586. The van der Waals surface area contributed by atoms with E-state index in [1.807, 2.05) is 0 Å². The Labute approximate surface area is 68.3 Å². The lowest BCUT2D eigenvalue weighted by Crippen LogP contribution is -2.29. The van der Waals surface area contributed by atoms with Crippen LogP contribution in [0.2, 0.25) is 0 Å². The van der Waals surface area contributed by atoms with Gasteiger partial charge in [0.05, 0.1) is 0 Å². The fraction of sp³-hybridized carbons (Fsp3) is 1.00. The van der Waals surface area contributed by atoms with Gasteiger partial charge in [0.1, 0.15) is 0 Å². The van der Waals surface area contributed by atoms with Gasteiger partial charge >= 0.3 is 9.29 Å². The summed E-state index contributed by atoms with van der Waals surface area (Å²) in [6.07, 6.45) is 1.15. The maximum Gasteiger partial charge on any atom is 0.358 e. The molecule has 0 aromatic carbocycles. The van der Waals surface area contributed by atoms with Crippen LogP contribution in [0.1, 0.15) is 0 Å². The van der Waals surface area contributed by atoms with Gasteiger partial charge in [-0.05, 0) is 22.2 Å². The zero-order valence-corrected chi connectivity index (χ0v) is 7.46. The summed E-state index contributed by atoms with van der Waals surface area (Å²) < 4.78 is 33.0. The van der Waals surface area contributed by atoms with Crippen LogP contribution in [0.4, 0.5) is 13.2 Å². The van der Waals surface area contributed by atoms with Crippen LogP contribution in [-0.4, -0.2) is 15.5 Å². The van der Waals surface area contributed by atoms with E-state index in [-0.39, 0.29) is 11.8 Å². The second-order valence-electron chi connectivity index (χ2n) is 1.22. The second kappa shape index (κ2) is 2.88. The van der Waals surface area contributed by atoms with Gasteiger partial charge in [0.25, 0.3) is 0 Å². The molecule has 0 amide bonds. The van der Waals surface area contributed by atoms with Crippen molar-refractivity contribution in [1.82, 2.24) is 0 Å². The van der Waals surface area contributed by atoms with Crippen molar-refractivity contribution in [2.75, 3.05) is 6.26 Å². The number of halogens is 5. The van der Waals surface area contributed by atoms with Gasteiger partial charge in [-0.1, -0.05) is 11.6 Å². The average molecular weight is 243 g/mol. The molecular formula is C3H3BrClF3S. The van der Waals surface area contributed by atoms with Gasteiger partial charge in [0.2, 0.25) is 0 Å². The Hall–Kier alpha value is 0.910. The van der Waals surface area contributed by atoms with Crippen LogP contribution in [0.3, 0.4) is 0 Å². The summed E-state index contributed by atoms with van der Waals surface area (Å²) in [6.45, 7) is 0. The molecule has 0 N–H and O–H groups in total. The Balaban J connectivity index is 4.14. The van der Waals surface area contributed by atoms with Crippen molar-refractivity contribution in [3.05, 3.63) is 0 Å². The topological polar surface area (TPSA) is 0 Å². The number of rotatable bonds is 2. The summed E-state index contributed by atoms with van der Waals surface area (Å²) in [7, 11) is 0. The first kappa shape index (κ1) is 9.91. The molecule has 0 nitrogen and oxygen atoms in total. The second-order valence-corrected chi connectivity index (χ2v) is 3.93. The van der Waals surface area contributed by atoms with Crippen molar-refractivity contribution in [3.8, 4) is 0 Å². The highest BCUT2D eigenvalue weighted by Crippen LogP contribution is 2.47. The van der Waals surface area contributed by atoms with Gasteiger partial charge in [-0.3, -0.25) is 0 Å². The van der Waals surface area contributed by atoms with Crippen LogP contribution in [0, 0.1) is 0 Å². The van der Waals surface area contributed by atoms with Crippen molar-refractivity contribution in [1.29, 1.82) is 0 Å². The Kier molecular flexibility index (Phi) is 3.17. The van der Waals surface area contributed by atoms with Crippen molar-refractivity contribution in [2.24, 2.45) is 0 Å². The van der Waals surface area contributed by atoms with Gasteiger partial charge in [-0.15, -0.1) is 11.8 Å². The maximum absolute atomic E-state index is 12.3. The summed E-state index contributed by atoms with van der Waals surface area (Å²) in [5.41, 5.74) is 0. The summed E-state index contributed by atoms with van der Waals surface area (Å²) in [4.78, 5) is -3.68. The van der Waals surface area contributed by atoms with Gasteiger partial charge < -0.3 is 0 Å². The molecule has 0 spiro atoms. The Morgan fingerprint density at radius 1 is 1.44 bits per heavy atom. The SMILES string of the molecule is CSC(F)(Cl)C(F)(F)Br. The fourth-order valence-corrected chi connectivity index (χ4v) is 0.833.